The molecule has 0 saturated carbocycles. The molecule has 2 heteroatoms. The van der Waals surface area contributed by atoms with Gasteiger partial charge in [-0.05, 0) is 92.1 Å². The van der Waals surface area contributed by atoms with Gasteiger partial charge in [0.1, 0.15) is 6.61 Å². The lowest BCUT2D eigenvalue weighted by Crippen LogP contribution is -2.00. The molecule has 0 aromatic rings. The van der Waals surface area contributed by atoms with Crippen molar-refractivity contribution < 1.29 is 9.53 Å². The zero-order valence-electron chi connectivity index (χ0n) is 29.0. The van der Waals surface area contributed by atoms with E-state index >= 15 is 0 Å². The number of allylic oxidation sites excluding steroid dienone is 8. The number of carbonyl (C=O) groups excluding carboxylic acids is 1. The smallest absolute Gasteiger partial charge is 0.330 e. The highest BCUT2D eigenvalue weighted by Crippen LogP contribution is 2.15. The van der Waals surface area contributed by atoms with Crippen molar-refractivity contribution in [1.82, 2.24) is 0 Å². The maximum absolute atomic E-state index is 12.0. The van der Waals surface area contributed by atoms with Crippen molar-refractivity contribution in [3.8, 4) is 0 Å². The molecular weight excluding hydrogens is 512 g/mol. The first-order valence-corrected chi connectivity index (χ1v) is 17.8. The van der Waals surface area contributed by atoms with Crippen LogP contribution < -0.4 is 0 Å². The van der Waals surface area contributed by atoms with Gasteiger partial charge in [0.05, 0.1) is 0 Å². The molecule has 0 unspecified atom stereocenters. The van der Waals surface area contributed by atoms with Gasteiger partial charge in [-0.15, -0.1) is 0 Å². The first-order valence-electron chi connectivity index (χ1n) is 17.8. The van der Waals surface area contributed by atoms with Gasteiger partial charge in [0.25, 0.3) is 0 Å². The molecule has 0 aliphatic heterocycles. The van der Waals surface area contributed by atoms with Crippen LogP contribution in [-0.4, -0.2) is 12.6 Å². The third kappa shape index (κ3) is 31.1. The lowest BCUT2D eigenvalue weighted by molar-refractivity contribution is -0.136. The molecule has 0 aliphatic carbocycles. The van der Waals surface area contributed by atoms with Gasteiger partial charge < -0.3 is 4.74 Å². The molecule has 0 aromatic carbocycles. The van der Waals surface area contributed by atoms with Crippen molar-refractivity contribution in [1.29, 1.82) is 0 Å². The van der Waals surface area contributed by atoms with E-state index in [1.165, 1.54) is 119 Å². The number of unbranched alkanes of at least 4 members (excludes halogenated alkanes) is 15. The average molecular weight is 583 g/mol. The summed E-state index contributed by atoms with van der Waals surface area (Å²) in [5.74, 6) is -0.222. The molecule has 42 heavy (non-hydrogen) atoms. The molecule has 2 nitrogen and oxygen atoms in total. The SMILES string of the molecule is CCCCCCCCCCCCCCCCCC=CC(=O)OC/C=C(\C)CC/C=C(\C)CC/C=C(\C)CCC=C(C)C. The molecule has 0 aliphatic rings. The van der Waals surface area contributed by atoms with Gasteiger partial charge in [-0.3, -0.25) is 0 Å². The maximum atomic E-state index is 12.0. The number of carbonyl (C=O) groups is 1. The van der Waals surface area contributed by atoms with Gasteiger partial charge >= 0.3 is 5.97 Å². The minimum absolute atomic E-state index is 0.222. The van der Waals surface area contributed by atoms with Crippen molar-refractivity contribution in [3.63, 3.8) is 0 Å². The molecule has 0 bridgehead atoms. The second kappa shape index (κ2) is 30.6. The summed E-state index contributed by atoms with van der Waals surface area (Å²) in [6.45, 7) is 13.6. The lowest BCUT2D eigenvalue weighted by Gasteiger charge is -2.03. The van der Waals surface area contributed by atoms with Crippen LogP contribution in [0.3, 0.4) is 0 Å². The van der Waals surface area contributed by atoms with E-state index in [0.717, 1.165) is 44.9 Å². The van der Waals surface area contributed by atoms with Crippen LogP contribution in [0.5, 0.6) is 0 Å². The molecular formula is C40H70O2. The summed E-state index contributed by atoms with van der Waals surface area (Å²) in [7, 11) is 0. The summed E-state index contributed by atoms with van der Waals surface area (Å²) < 4.78 is 5.36. The fourth-order valence-corrected chi connectivity index (χ4v) is 5.11. The largest absolute Gasteiger partial charge is 0.458 e. The molecule has 242 valence electrons. The van der Waals surface area contributed by atoms with Gasteiger partial charge in [0, 0.05) is 6.08 Å². The Bertz CT molecular complexity index is 788. The predicted molar refractivity (Wildman–Crippen MR) is 188 cm³/mol. The second-order valence-electron chi connectivity index (χ2n) is 12.8. The standard InChI is InChI=1S/C40H70O2/c1-7-8-9-10-11-12-13-14-15-16-17-18-19-20-21-22-23-33-40(41)42-35-34-39(6)32-26-31-38(5)30-25-29-37(4)28-24-27-36(2)3/h23,27,29,31,33-34H,7-22,24-26,28,30,32,35H2,1-6H3/b33-23?,37-29+,38-31+,39-34+. The molecule has 0 heterocycles. The van der Waals surface area contributed by atoms with Gasteiger partial charge in [-0.2, -0.15) is 0 Å². The molecule has 0 atom stereocenters. The minimum atomic E-state index is -0.222. The Morgan fingerprint density at radius 3 is 1.36 bits per heavy atom. The maximum Gasteiger partial charge on any atom is 0.330 e. The first-order chi connectivity index (χ1) is 20.3. The van der Waals surface area contributed by atoms with Crippen LogP contribution in [-0.2, 0) is 9.53 Å². The van der Waals surface area contributed by atoms with Crippen molar-refractivity contribution in [2.45, 2.75) is 183 Å². The highest BCUT2D eigenvalue weighted by Gasteiger charge is 1.98. The Balaban J connectivity index is 3.70. The van der Waals surface area contributed by atoms with E-state index in [2.05, 4.69) is 59.8 Å². The third-order valence-electron chi connectivity index (χ3n) is 8.04. The minimum Gasteiger partial charge on any atom is -0.458 e. The molecule has 0 saturated heterocycles. The monoisotopic (exact) mass is 583 g/mol. The van der Waals surface area contributed by atoms with Crippen LogP contribution in [0, 0.1) is 0 Å². The Morgan fingerprint density at radius 2 is 0.905 bits per heavy atom. The van der Waals surface area contributed by atoms with Crippen molar-refractivity contribution in [2.24, 2.45) is 0 Å². The summed E-state index contributed by atoms with van der Waals surface area (Å²) in [4.78, 5) is 12.0. The van der Waals surface area contributed by atoms with Gasteiger partial charge in [-0.1, -0.05) is 143 Å². The van der Waals surface area contributed by atoms with E-state index in [1.54, 1.807) is 6.08 Å². The van der Waals surface area contributed by atoms with E-state index in [0.29, 0.717) is 6.61 Å². The summed E-state index contributed by atoms with van der Waals surface area (Å²) in [5.41, 5.74) is 5.64. The normalized spacial score (nSPS) is 12.8. The van der Waals surface area contributed by atoms with Crippen LogP contribution in [0.15, 0.2) is 58.7 Å². The number of hydrogen-bond donors (Lipinski definition) is 0. The summed E-state index contributed by atoms with van der Waals surface area (Å²) in [6, 6.07) is 0. The van der Waals surface area contributed by atoms with Gasteiger partial charge in [0.2, 0.25) is 0 Å². The summed E-state index contributed by atoms with van der Waals surface area (Å²) >= 11 is 0. The molecule has 0 rings (SSSR count). The Hall–Kier alpha value is -1.83. The van der Waals surface area contributed by atoms with Crippen LogP contribution in [0.4, 0.5) is 0 Å². The van der Waals surface area contributed by atoms with Crippen LogP contribution >= 0.6 is 0 Å². The predicted octanol–water partition coefficient (Wildman–Crippen LogP) is 13.5. The number of esters is 1. The van der Waals surface area contributed by atoms with E-state index in [9.17, 15) is 4.79 Å². The first kappa shape index (κ1) is 40.2. The fourth-order valence-electron chi connectivity index (χ4n) is 5.11. The second-order valence-corrected chi connectivity index (χ2v) is 12.8. The van der Waals surface area contributed by atoms with E-state index in [4.69, 9.17) is 4.74 Å². The Morgan fingerprint density at radius 1 is 0.500 bits per heavy atom. The summed E-state index contributed by atoms with van der Waals surface area (Å²) in [5, 5.41) is 0. The van der Waals surface area contributed by atoms with E-state index in [1.807, 2.05) is 12.2 Å². The third-order valence-corrected chi connectivity index (χ3v) is 8.04. The summed E-state index contributed by atoms with van der Waals surface area (Å²) in [6.07, 6.45) is 41.0. The van der Waals surface area contributed by atoms with Crippen molar-refractivity contribution in [3.05, 3.63) is 58.7 Å². The zero-order chi connectivity index (χ0) is 31.1. The van der Waals surface area contributed by atoms with Crippen LogP contribution in [0.1, 0.15) is 183 Å². The topological polar surface area (TPSA) is 26.3 Å². The highest BCUT2D eigenvalue weighted by molar-refractivity contribution is 5.81. The molecule has 0 radical (unpaired) electrons. The number of hydrogen-bond acceptors (Lipinski definition) is 2. The Labute approximate surface area is 263 Å². The highest BCUT2D eigenvalue weighted by atomic mass is 16.5. The van der Waals surface area contributed by atoms with Crippen LogP contribution in [0.25, 0.3) is 0 Å². The Kier molecular flexibility index (Phi) is 29.3. The average Bonchev–Trinajstić information content (AvgIpc) is 2.94. The van der Waals surface area contributed by atoms with Gasteiger partial charge in [-0.25, -0.2) is 4.79 Å². The number of ether oxygens (including phenoxy) is 1. The van der Waals surface area contributed by atoms with Crippen molar-refractivity contribution in [2.75, 3.05) is 6.61 Å². The number of rotatable bonds is 28. The van der Waals surface area contributed by atoms with E-state index < -0.39 is 0 Å². The lowest BCUT2D eigenvalue weighted by atomic mass is 10.0. The molecule has 0 spiro atoms. The molecule has 0 aromatic heterocycles. The van der Waals surface area contributed by atoms with E-state index in [-0.39, 0.29) is 5.97 Å². The van der Waals surface area contributed by atoms with Gasteiger partial charge in [0.15, 0.2) is 0 Å². The molecule has 0 fully saturated rings. The fraction of sp³-hybridized carbons (Fsp3) is 0.725. The van der Waals surface area contributed by atoms with Crippen LogP contribution in [0.2, 0.25) is 0 Å². The van der Waals surface area contributed by atoms with Crippen molar-refractivity contribution >= 4 is 5.97 Å². The zero-order valence-corrected chi connectivity index (χ0v) is 29.0. The quantitative estimate of drug-likeness (QED) is 0.0397. The molecule has 0 amide bonds. The molecule has 0 N–H and O–H groups in total.